The molecule has 4 atom stereocenters. The number of aliphatic hydroxyl groups excluding tert-OH is 1. The SMILES string of the molecule is CCC(NC(=O)C1CC(O)CN1C(=O)[C@@H](n1cc(C2CC2)nn1)C(C)(C)C)c1nc(C(F)(F)F)cs1. The highest BCUT2D eigenvalue weighted by molar-refractivity contribution is 7.09. The summed E-state index contributed by atoms with van der Waals surface area (Å²) in [7, 11) is 0. The van der Waals surface area contributed by atoms with E-state index in [1.165, 1.54) is 4.90 Å². The second-order valence-corrected chi connectivity index (χ2v) is 11.5. The minimum atomic E-state index is -4.57. The Kier molecular flexibility index (Phi) is 7.17. The lowest BCUT2D eigenvalue weighted by Gasteiger charge is -2.34. The van der Waals surface area contributed by atoms with Gasteiger partial charge >= 0.3 is 6.18 Å². The number of rotatable bonds is 7. The molecule has 1 aliphatic carbocycles. The highest BCUT2D eigenvalue weighted by Gasteiger charge is 2.46. The van der Waals surface area contributed by atoms with Crippen molar-refractivity contribution in [1.82, 2.24) is 30.2 Å². The molecule has 9 nitrogen and oxygen atoms in total. The fourth-order valence-corrected chi connectivity index (χ4v) is 5.47. The number of amides is 2. The summed E-state index contributed by atoms with van der Waals surface area (Å²) < 4.78 is 40.5. The average molecular weight is 529 g/mol. The average Bonchev–Trinajstić information content (AvgIpc) is 3.16. The molecule has 2 amide bonds. The molecule has 3 unspecified atom stereocenters. The van der Waals surface area contributed by atoms with Gasteiger partial charge in [-0.2, -0.15) is 13.2 Å². The quantitative estimate of drug-likeness (QED) is 0.569. The van der Waals surface area contributed by atoms with E-state index < -0.39 is 47.4 Å². The number of aliphatic hydroxyl groups is 1. The lowest BCUT2D eigenvalue weighted by atomic mass is 9.85. The molecule has 2 fully saturated rings. The van der Waals surface area contributed by atoms with Crippen LogP contribution < -0.4 is 5.32 Å². The molecule has 13 heteroatoms. The van der Waals surface area contributed by atoms with Crippen LogP contribution in [0.15, 0.2) is 11.6 Å². The van der Waals surface area contributed by atoms with Crippen LogP contribution >= 0.6 is 11.3 Å². The molecule has 0 aromatic carbocycles. The van der Waals surface area contributed by atoms with Crippen LogP contribution in [0.1, 0.15) is 87.8 Å². The number of carbonyl (C=O) groups excluding carboxylic acids is 2. The van der Waals surface area contributed by atoms with E-state index in [0.717, 1.165) is 35.3 Å². The van der Waals surface area contributed by atoms with Gasteiger partial charge in [-0.25, -0.2) is 9.67 Å². The van der Waals surface area contributed by atoms with Crippen molar-refractivity contribution < 1.29 is 27.9 Å². The smallest absolute Gasteiger partial charge is 0.391 e. The zero-order chi connectivity index (χ0) is 26.4. The molecule has 198 valence electrons. The molecule has 1 aliphatic heterocycles. The van der Waals surface area contributed by atoms with Gasteiger partial charge in [0.25, 0.3) is 0 Å². The van der Waals surface area contributed by atoms with Crippen LogP contribution in [0, 0.1) is 5.41 Å². The van der Waals surface area contributed by atoms with Crippen molar-refractivity contribution in [2.45, 2.75) is 89.7 Å². The first-order valence-electron chi connectivity index (χ1n) is 12.0. The number of carbonyl (C=O) groups is 2. The molecule has 0 spiro atoms. The number of thiazole rings is 1. The van der Waals surface area contributed by atoms with Crippen LogP contribution in [-0.2, 0) is 15.8 Å². The third-order valence-electron chi connectivity index (χ3n) is 6.54. The lowest BCUT2D eigenvalue weighted by molar-refractivity contribution is -0.144. The second-order valence-electron chi connectivity index (χ2n) is 10.6. The minimum Gasteiger partial charge on any atom is -0.391 e. The van der Waals surface area contributed by atoms with Crippen molar-refractivity contribution in [1.29, 1.82) is 0 Å². The molecule has 2 aromatic heterocycles. The molecular formula is C23H31F3N6O3S. The predicted molar refractivity (Wildman–Crippen MR) is 125 cm³/mol. The zero-order valence-corrected chi connectivity index (χ0v) is 21.4. The highest BCUT2D eigenvalue weighted by atomic mass is 32.1. The van der Waals surface area contributed by atoms with Gasteiger partial charge < -0.3 is 15.3 Å². The number of halogens is 3. The Hall–Kier alpha value is -2.54. The number of β-amino-alcohol motifs (C(OH)–C–C–N with tert-alkyl or cyclic N) is 1. The molecule has 1 saturated heterocycles. The summed E-state index contributed by atoms with van der Waals surface area (Å²) in [5.74, 6) is -0.551. The number of hydrogen-bond donors (Lipinski definition) is 2. The molecule has 4 rings (SSSR count). The number of nitrogens with zero attached hydrogens (tertiary/aromatic N) is 5. The standard InChI is InChI=1S/C23H31F3N6O3S/c1-5-14(20-28-17(11-36-20)23(24,25)26)27-19(34)16-8-13(33)9-31(16)21(35)18(22(2,3)4)32-10-15(29-30-32)12-6-7-12/h10-14,16,18,33H,5-9H2,1-4H3,(H,27,34)/t13?,14?,16?,18-/m1/s1. The van der Waals surface area contributed by atoms with E-state index in [-0.39, 0.29) is 23.9 Å². The fourth-order valence-electron chi connectivity index (χ4n) is 4.51. The van der Waals surface area contributed by atoms with Gasteiger partial charge in [0.2, 0.25) is 11.8 Å². The zero-order valence-electron chi connectivity index (χ0n) is 20.6. The van der Waals surface area contributed by atoms with Crippen LogP contribution in [0.4, 0.5) is 13.2 Å². The van der Waals surface area contributed by atoms with Gasteiger partial charge in [0.05, 0.1) is 17.8 Å². The first kappa shape index (κ1) is 26.5. The van der Waals surface area contributed by atoms with E-state index in [9.17, 15) is 27.9 Å². The van der Waals surface area contributed by atoms with Gasteiger partial charge in [0.15, 0.2) is 5.69 Å². The van der Waals surface area contributed by atoms with E-state index in [1.54, 1.807) is 17.8 Å². The van der Waals surface area contributed by atoms with Crippen LogP contribution in [-0.4, -0.2) is 60.5 Å². The molecule has 2 N–H and O–H groups in total. The van der Waals surface area contributed by atoms with E-state index in [2.05, 4.69) is 20.6 Å². The van der Waals surface area contributed by atoms with Crippen molar-refractivity contribution in [3.63, 3.8) is 0 Å². The van der Waals surface area contributed by atoms with Crippen molar-refractivity contribution in [3.8, 4) is 0 Å². The first-order valence-corrected chi connectivity index (χ1v) is 12.9. The number of likely N-dealkylation sites (tertiary alicyclic amines) is 1. The van der Waals surface area contributed by atoms with Crippen LogP contribution in [0.3, 0.4) is 0 Å². The summed E-state index contributed by atoms with van der Waals surface area (Å²) in [4.78, 5) is 32.1. The normalized spacial score (nSPS) is 22.5. The van der Waals surface area contributed by atoms with Crippen LogP contribution in [0.5, 0.6) is 0 Å². The Balaban J connectivity index is 1.54. The summed E-state index contributed by atoms with van der Waals surface area (Å²) in [6, 6.07) is -2.48. The molecule has 3 heterocycles. The van der Waals surface area contributed by atoms with Crippen LogP contribution in [0.2, 0.25) is 0 Å². The Bertz CT molecular complexity index is 1110. The van der Waals surface area contributed by atoms with Gasteiger partial charge in [0.1, 0.15) is 17.1 Å². The van der Waals surface area contributed by atoms with Crippen molar-refractivity contribution >= 4 is 23.2 Å². The summed E-state index contributed by atoms with van der Waals surface area (Å²) >= 11 is 0.822. The molecule has 2 aliphatic rings. The summed E-state index contributed by atoms with van der Waals surface area (Å²) in [6.45, 7) is 7.38. The topological polar surface area (TPSA) is 113 Å². The number of nitrogens with one attached hydrogen (secondary N) is 1. The Morgan fingerprint density at radius 1 is 1.28 bits per heavy atom. The number of aromatic nitrogens is 4. The first-order chi connectivity index (χ1) is 16.8. The third kappa shape index (κ3) is 5.56. The maximum absolute atomic E-state index is 13.8. The molecule has 36 heavy (non-hydrogen) atoms. The van der Waals surface area contributed by atoms with Crippen molar-refractivity contribution in [3.05, 3.63) is 28.0 Å². The maximum atomic E-state index is 13.8. The summed E-state index contributed by atoms with van der Waals surface area (Å²) in [5, 5.41) is 22.6. The summed E-state index contributed by atoms with van der Waals surface area (Å²) in [5.41, 5.74) is -0.740. The van der Waals surface area contributed by atoms with Gasteiger partial charge in [-0.05, 0) is 24.7 Å². The lowest BCUT2D eigenvalue weighted by Crippen LogP contribution is -2.50. The third-order valence-corrected chi connectivity index (χ3v) is 7.50. The maximum Gasteiger partial charge on any atom is 0.434 e. The van der Waals surface area contributed by atoms with E-state index in [0.29, 0.717) is 12.3 Å². The Morgan fingerprint density at radius 3 is 2.53 bits per heavy atom. The molecular weight excluding hydrogens is 497 g/mol. The molecule has 1 saturated carbocycles. The van der Waals surface area contributed by atoms with Crippen LogP contribution in [0.25, 0.3) is 0 Å². The highest BCUT2D eigenvalue weighted by Crippen LogP contribution is 2.40. The Morgan fingerprint density at radius 2 is 1.97 bits per heavy atom. The van der Waals surface area contributed by atoms with E-state index >= 15 is 0 Å². The van der Waals surface area contributed by atoms with Gasteiger partial charge in [-0.3, -0.25) is 9.59 Å². The van der Waals surface area contributed by atoms with Gasteiger partial charge in [-0.1, -0.05) is 32.9 Å². The summed E-state index contributed by atoms with van der Waals surface area (Å²) in [6.07, 6.45) is -1.28. The molecule has 0 radical (unpaired) electrons. The number of hydrogen-bond acceptors (Lipinski definition) is 7. The largest absolute Gasteiger partial charge is 0.434 e. The Labute approximate surface area is 211 Å². The predicted octanol–water partition coefficient (Wildman–Crippen LogP) is 3.45. The molecule has 0 bridgehead atoms. The van der Waals surface area contributed by atoms with E-state index in [4.69, 9.17) is 0 Å². The fraction of sp³-hybridized carbons (Fsp3) is 0.696. The van der Waals surface area contributed by atoms with Gasteiger partial charge in [-0.15, -0.1) is 16.4 Å². The van der Waals surface area contributed by atoms with E-state index in [1.807, 2.05) is 20.8 Å². The second kappa shape index (κ2) is 9.73. The van der Waals surface area contributed by atoms with Crippen molar-refractivity contribution in [2.75, 3.05) is 6.54 Å². The van der Waals surface area contributed by atoms with Crippen molar-refractivity contribution in [2.24, 2.45) is 5.41 Å². The van der Waals surface area contributed by atoms with Gasteiger partial charge in [0, 0.05) is 30.5 Å². The molecule has 2 aromatic rings. The number of alkyl halides is 3. The minimum absolute atomic E-state index is 0.0278. The monoisotopic (exact) mass is 528 g/mol.